The number of aromatic nitrogens is 2. The lowest BCUT2D eigenvalue weighted by Gasteiger charge is -2.15. The van der Waals surface area contributed by atoms with E-state index in [4.69, 9.17) is 0 Å². The zero-order chi connectivity index (χ0) is 12.1. The van der Waals surface area contributed by atoms with Gasteiger partial charge < -0.3 is 10.2 Å². The Hall–Kier alpha value is -1.36. The summed E-state index contributed by atoms with van der Waals surface area (Å²) in [6.07, 6.45) is 5.01. The number of carbonyl (C=O) groups excluding carboxylic acids is 1. The largest absolute Gasteiger partial charge is 0.342 e. The number of amides is 1. The summed E-state index contributed by atoms with van der Waals surface area (Å²) >= 11 is 0. The van der Waals surface area contributed by atoms with E-state index in [0.717, 1.165) is 38.9 Å². The summed E-state index contributed by atoms with van der Waals surface area (Å²) in [6, 6.07) is 2.00. The molecule has 1 aromatic heterocycles. The maximum Gasteiger partial charge on any atom is 0.236 e. The molecule has 2 rings (SSSR count). The highest BCUT2D eigenvalue weighted by Crippen LogP contribution is 2.06. The molecule has 94 valence electrons. The topological polar surface area (TPSA) is 50.2 Å². The summed E-state index contributed by atoms with van der Waals surface area (Å²) in [5.41, 5.74) is 1.19. The van der Waals surface area contributed by atoms with E-state index in [1.807, 2.05) is 22.7 Å². The highest BCUT2D eigenvalue weighted by atomic mass is 16.2. The molecule has 1 N–H and O–H groups in total. The van der Waals surface area contributed by atoms with Gasteiger partial charge in [-0.2, -0.15) is 5.10 Å². The molecule has 0 bridgehead atoms. The molecule has 0 saturated carbocycles. The van der Waals surface area contributed by atoms with Crippen molar-refractivity contribution in [1.82, 2.24) is 20.0 Å². The van der Waals surface area contributed by atoms with Crippen molar-refractivity contribution in [2.45, 2.75) is 19.3 Å². The molecule has 1 fully saturated rings. The number of aryl methyl sites for hydroxylation is 1. The van der Waals surface area contributed by atoms with E-state index >= 15 is 0 Å². The molecule has 0 spiro atoms. The number of nitrogens with one attached hydrogen (secondary N) is 1. The summed E-state index contributed by atoms with van der Waals surface area (Å²) in [7, 11) is 1.94. The molecule has 0 radical (unpaired) electrons. The lowest BCUT2D eigenvalue weighted by molar-refractivity contribution is -0.129. The standard InChI is InChI=1S/C12H20N4O/c1-15-11(5-7-14-15)4-6-13-10-12(17)16-8-2-3-9-16/h5,7,13H,2-4,6,8-10H2,1H3. The zero-order valence-corrected chi connectivity index (χ0v) is 10.4. The van der Waals surface area contributed by atoms with Crippen molar-refractivity contribution in [1.29, 1.82) is 0 Å². The van der Waals surface area contributed by atoms with Gasteiger partial charge in [0, 0.05) is 45.0 Å². The number of rotatable bonds is 5. The Bertz CT molecular complexity index is 368. The highest BCUT2D eigenvalue weighted by Gasteiger charge is 2.16. The molecule has 2 heterocycles. The summed E-state index contributed by atoms with van der Waals surface area (Å²) < 4.78 is 1.87. The van der Waals surface area contributed by atoms with Crippen LogP contribution >= 0.6 is 0 Å². The van der Waals surface area contributed by atoms with Crippen molar-refractivity contribution in [3.63, 3.8) is 0 Å². The van der Waals surface area contributed by atoms with Gasteiger partial charge in [-0.1, -0.05) is 0 Å². The van der Waals surface area contributed by atoms with Gasteiger partial charge in [0.1, 0.15) is 0 Å². The van der Waals surface area contributed by atoms with Crippen LogP contribution in [0.2, 0.25) is 0 Å². The Morgan fingerprint density at radius 3 is 2.88 bits per heavy atom. The zero-order valence-electron chi connectivity index (χ0n) is 10.4. The van der Waals surface area contributed by atoms with Crippen LogP contribution in [0.4, 0.5) is 0 Å². The predicted molar refractivity (Wildman–Crippen MR) is 65.6 cm³/mol. The highest BCUT2D eigenvalue weighted by molar-refractivity contribution is 5.78. The first-order chi connectivity index (χ1) is 8.27. The van der Waals surface area contributed by atoms with E-state index in [0.29, 0.717) is 6.54 Å². The number of hydrogen-bond donors (Lipinski definition) is 1. The average molecular weight is 236 g/mol. The molecule has 0 unspecified atom stereocenters. The normalized spacial score (nSPS) is 15.5. The molecule has 17 heavy (non-hydrogen) atoms. The summed E-state index contributed by atoms with van der Waals surface area (Å²) in [5.74, 6) is 0.229. The van der Waals surface area contributed by atoms with E-state index in [1.165, 1.54) is 5.69 Å². The van der Waals surface area contributed by atoms with Crippen molar-refractivity contribution in [3.8, 4) is 0 Å². The van der Waals surface area contributed by atoms with Gasteiger partial charge in [0.05, 0.1) is 6.54 Å². The number of nitrogens with zero attached hydrogens (tertiary/aromatic N) is 3. The Morgan fingerprint density at radius 1 is 1.47 bits per heavy atom. The third-order valence-corrected chi connectivity index (χ3v) is 3.22. The van der Waals surface area contributed by atoms with Crippen LogP contribution in [-0.2, 0) is 18.3 Å². The van der Waals surface area contributed by atoms with Crippen LogP contribution in [0, 0.1) is 0 Å². The Kier molecular flexibility index (Phi) is 4.14. The molecule has 1 aliphatic rings. The molecular formula is C12H20N4O. The smallest absolute Gasteiger partial charge is 0.236 e. The van der Waals surface area contributed by atoms with Crippen LogP contribution in [0.1, 0.15) is 18.5 Å². The van der Waals surface area contributed by atoms with Crippen LogP contribution in [0.3, 0.4) is 0 Å². The fourth-order valence-corrected chi connectivity index (χ4v) is 2.14. The predicted octanol–water partition coefficient (Wildman–Crippen LogP) is 0.175. The summed E-state index contributed by atoms with van der Waals surface area (Å²) in [5, 5.41) is 7.30. The molecule has 1 aliphatic heterocycles. The van der Waals surface area contributed by atoms with Crippen molar-refractivity contribution in [3.05, 3.63) is 18.0 Å². The van der Waals surface area contributed by atoms with Crippen LogP contribution in [0.25, 0.3) is 0 Å². The third-order valence-electron chi connectivity index (χ3n) is 3.22. The van der Waals surface area contributed by atoms with Gasteiger partial charge in [-0.25, -0.2) is 0 Å². The molecule has 0 aromatic carbocycles. The van der Waals surface area contributed by atoms with E-state index < -0.39 is 0 Å². The van der Waals surface area contributed by atoms with Crippen LogP contribution < -0.4 is 5.32 Å². The van der Waals surface area contributed by atoms with E-state index in [-0.39, 0.29) is 5.91 Å². The van der Waals surface area contributed by atoms with Crippen LogP contribution in [0.15, 0.2) is 12.3 Å². The van der Waals surface area contributed by atoms with Crippen molar-refractivity contribution < 1.29 is 4.79 Å². The lowest BCUT2D eigenvalue weighted by Crippen LogP contribution is -2.36. The SMILES string of the molecule is Cn1nccc1CCNCC(=O)N1CCCC1. The molecule has 5 nitrogen and oxygen atoms in total. The quantitative estimate of drug-likeness (QED) is 0.742. The van der Waals surface area contributed by atoms with E-state index in [1.54, 1.807) is 6.20 Å². The second kappa shape index (κ2) is 5.82. The maximum atomic E-state index is 11.7. The number of carbonyl (C=O) groups is 1. The number of likely N-dealkylation sites (tertiary alicyclic amines) is 1. The molecule has 1 saturated heterocycles. The summed E-state index contributed by atoms with van der Waals surface area (Å²) in [4.78, 5) is 13.7. The molecule has 1 aromatic rings. The van der Waals surface area contributed by atoms with Crippen molar-refractivity contribution >= 4 is 5.91 Å². The van der Waals surface area contributed by atoms with E-state index in [9.17, 15) is 4.79 Å². The fraction of sp³-hybridized carbons (Fsp3) is 0.667. The van der Waals surface area contributed by atoms with Gasteiger partial charge >= 0.3 is 0 Å². The van der Waals surface area contributed by atoms with Gasteiger partial charge in [-0.3, -0.25) is 9.48 Å². The average Bonchev–Trinajstić information content (AvgIpc) is 2.96. The maximum absolute atomic E-state index is 11.7. The molecule has 1 amide bonds. The van der Waals surface area contributed by atoms with Gasteiger partial charge in [0.15, 0.2) is 0 Å². The lowest BCUT2D eigenvalue weighted by atomic mass is 10.3. The van der Waals surface area contributed by atoms with Crippen LogP contribution in [-0.4, -0.2) is 46.8 Å². The van der Waals surface area contributed by atoms with Gasteiger partial charge in [0.25, 0.3) is 0 Å². The second-order valence-electron chi connectivity index (χ2n) is 4.46. The van der Waals surface area contributed by atoms with Crippen molar-refractivity contribution in [2.75, 3.05) is 26.2 Å². The first kappa shape index (κ1) is 12.1. The van der Waals surface area contributed by atoms with Crippen LogP contribution in [0.5, 0.6) is 0 Å². The van der Waals surface area contributed by atoms with Gasteiger partial charge in [-0.05, 0) is 18.9 Å². The molecule has 0 aliphatic carbocycles. The van der Waals surface area contributed by atoms with Crippen molar-refractivity contribution in [2.24, 2.45) is 7.05 Å². The van der Waals surface area contributed by atoms with E-state index in [2.05, 4.69) is 10.4 Å². The summed E-state index contributed by atoms with van der Waals surface area (Å²) in [6.45, 7) is 3.14. The second-order valence-corrected chi connectivity index (χ2v) is 4.46. The molecule has 5 heteroatoms. The first-order valence-corrected chi connectivity index (χ1v) is 6.23. The minimum atomic E-state index is 0.229. The monoisotopic (exact) mass is 236 g/mol. The third kappa shape index (κ3) is 3.30. The minimum Gasteiger partial charge on any atom is -0.342 e. The number of hydrogen-bond acceptors (Lipinski definition) is 3. The Balaban J connectivity index is 1.63. The Labute approximate surface area is 102 Å². The van der Waals surface area contributed by atoms with Gasteiger partial charge in [-0.15, -0.1) is 0 Å². The Morgan fingerprint density at radius 2 is 2.24 bits per heavy atom. The van der Waals surface area contributed by atoms with Gasteiger partial charge in [0.2, 0.25) is 5.91 Å². The molecule has 0 atom stereocenters. The fourth-order valence-electron chi connectivity index (χ4n) is 2.14. The first-order valence-electron chi connectivity index (χ1n) is 6.23. The minimum absolute atomic E-state index is 0.229. The molecular weight excluding hydrogens is 216 g/mol.